The first-order valence-corrected chi connectivity index (χ1v) is 3.84. The van der Waals surface area contributed by atoms with Crippen LogP contribution in [0, 0.1) is 0 Å². The minimum Gasteiger partial charge on any atom is -0.478 e. The SMILES string of the molecule is CC(C)(O)c1ncccc1C(=O)O. The Bertz CT molecular complexity index is 328. The predicted octanol–water partition coefficient (Wildman–Crippen LogP) is 1.01. The fourth-order valence-corrected chi connectivity index (χ4v) is 1.07. The van der Waals surface area contributed by atoms with Crippen molar-refractivity contribution in [3.63, 3.8) is 0 Å². The largest absolute Gasteiger partial charge is 0.478 e. The molecule has 0 radical (unpaired) electrons. The van der Waals surface area contributed by atoms with Crippen LogP contribution in [0.15, 0.2) is 18.3 Å². The van der Waals surface area contributed by atoms with Gasteiger partial charge in [-0.3, -0.25) is 4.98 Å². The molecular weight excluding hydrogens is 170 g/mol. The van der Waals surface area contributed by atoms with Gasteiger partial charge in [-0.05, 0) is 26.0 Å². The second-order valence-electron chi connectivity index (χ2n) is 3.26. The van der Waals surface area contributed by atoms with Crippen LogP contribution in [0.1, 0.15) is 29.9 Å². The highest BCUT2D eigenvalue weighted by Gasteiger charge is 2.24. The number of hydrogen-bond donors (Lipinski definition) is 2. The minimum atomic E-state index is -1.23. The number of aliphatic hydroxyl groups is 1. The van der Waals surface area contributed by atoms with Gasteiger partial charge in [0.1, 0.15) is 5.60 Å². The lowest BCUT2D eigenvalue weighted by Gasteiger charge is -2.17. The number of pyridine rings is 1. The van der Waals surface area contributed by atoms with E-state index in [1.165, 1.54) is 32.2 Å². The van der Waals surface area contributed by atoms with E-state index in [1.807, 2.05) is 0 Å². The Morgan fingerprint density at radius 1 is 1.54 bits per heavy atom. The van der Waals surface area contributed by atoms with Gasteiger partial charge in [-0.2, -0.15) is 0 Å². The van der Waals surface area contributed by atoms with Crippen LogP contribution in [0.5, 0.6) is 0 Å². The number of rotatable bonds is 2. The molecule has 0 unspecified atom stereocenters. The summed E-state index contributed by atoms with van der Waals surface area (Å²) in [6.07, 6.45) is 1.46. The number of aromatic carboxylic acids is 1. The Kier molecular flexibility index (Phi) is 2.34. The number of carboxylic acids is 1. The quantitative estimate of drug-likeness (QED) is 0.714. The van der Waals surface area contributed by atoms with E-state index < -0.39 is 11.6 Å². The summed E-state index contributed by atoms with van der Waals surface area (Å²) in [6, 6.07) is 2.95. The van der Waals surface area contributed by atoms with Gasteiger partial charge < -0.3 is 10.2 Å². The molecule has 1 aromatic heterocycles. The Hall–Kier alpha value is -1.42. The number of hydrogen-bond acceptors (Lipinski definition) is 3. The van der Waals surface area contributed by atoms with Crippen LogP contribution in [-0.4, -0.2) is 21.2 Å². The molecule has 0 bridgehead atoms. The maximum absolute atomic E-state index is 10.7. The molecule has 0 spiro atoms. The van der Waals surface area contributed by atoms with Crippen molar-refractivity contribution in [1.82, 2.24) is 4.98 Å². The Balaban J connectivity index is 3.28. The first-order chi connectivity index (χ1) is 5.93. The lowest BCUT2D eigenvalue weighted by atomic mass is 9.99. The van der Waals surface area contributed by atoms with E-state index in [0.29, 0.717) is 0 Å². The zero-order chi connectivity index (χ0) is 10.1. The van der Waals surface area contributed by atoms with E-state index in [9.17, 15) is 9.90 Å². The summed E-state index contributed by atoms with van der Waals surface area (Å²) in [6.45, 7) is 3.00. The molecule has 0 fully saturated rings. The maximum Gasteiger partial charge on any atom is 0.337 e. The van der Waals surface area contributed by atoms with Gasteiger partial charge in [0.25, 0.3) is 0 Å². The molecule has 1 heterocycles. The first-order valence-electron chi connectivity index (χ1n) is 3.84. The van der Waals surface area contributed by atoms with Crippen LogP contribution in [0.4, 0.5) is 0 Å². The number of carboxylic acid groups (broad SMARTS) is 1. The third-order valence-electron chi connectivity index (χ3n) is 1.62. The van der Waals surface area contributed by atoms with E-state index in [4.69, 9.17) is 5.11 Å². The summed E-state index contributed by atoms with van der Waals surface area (Å²) < 4.78 is 0. The van der Waals surface area contributed by atoms with E-state index in [-0.39, 0.29) is 11.3 Å². The fourth-order valence-electron chi connectivity index (χ4n) is 1.07. The first kappa shape index (κ1) is 9.67. The van der Waals surface area contributed by atoms with Crippen LogP contribution >= 0.6 is 0 Å². The fraction of sp³-hybridized carbons (Fsp3) is 0.333. The molecule has 1 aromatic rings. The molecule has 0 aliphatic carbocycles. The van der Waals surface area contributed by atoms with Crippen LogP contribution in [-0.2, 0) is 5.60 Å². The average Bonchev–Trinajstić information content (AvgIpc) is 2.03. The van der Waals surface area contributed by atoms with Gasteiger partial charge in [0, 0.05) is 6.20 Å². The standard InChI is InChI=1S/C9H11NO3/c1-9(2,13)7-6(8(11)12)4-3-5-10-7/h3-5,13H,1-2H3,(H,11,12). The van der Waals surface area contributed by atoms with Crippen molar-refractivity contribution in [2.24, 2.45) is 0 Å². The van der Waals surface area contributed by atoms with Crippen molar-refractivity contribution in [2.75, 3.05) is 0 Å². The number of nitrogens with zero attached hydrogens (tertiary/aromatic N) is 1. The molecule has 0 aliphatic rings. The third-order valence-corrected chi connectivity index (χ3v) is 1.62. The Labute approximate surface area is 75.9 Å². The lowest BCUT2D eigenvalue weighted by Crippen LogP contribution is -2.21. The molecule has 4 heteroatoms. The highest BCUT2D eigenvalue weighted by molar-refractivity contribution is 5.89. The van der Waals surface area contributed by atoms with Gasteiger partial charge in [0.15, 0.2) is 0 Å². The molecule has 4 nitrogen and oxygen atoms in total. The average molecular weight is 181 g/mol. The molecule has 13 heavy (non-hydrogen) atoms. The smallest absolute Gasteiger partial charge is 0.337 e. The molecule has 0 saturated heterocycles. The van der Waals surface area contributed by atoms with Gasteiger partial charge >= 0.3 is 5.97 Å². The van der Waals surface area contributed by atoms with Crippen molar-refractivity contribution >= 4 is 5.97 Å². The van der Waals surface area contributed by atoms with Gasteiger partial charge in [-0.25, -0.2) is 4.79 Å². The Morgan fingerprint density at radius 2 is 2.15 bits per heavy atom. The minimum absolute atomic E-state index is 0.0370. The van der Waals surface area contributed by atoms with Crippen molar-refractivity contribution in [1.29, 1.82) is 0 Å². The van der Waals surface area contributed by atoms with E-state index in [0.717, 1.165) is 0 Å². The molecule has 0 aliphatic heterocycles. The van der Waals surface area contributed by atoms with Crippen molar-refractivity contribution in [3.05, 3.63) is 29.6 Å². The van der Waals surface area contributed by atoms with Gasteiger partial charge in [-0.1, -0.05) is 0 Å². The number of carbonyl (C=O) groups is 1. The third kappa shape index (κ3) is 2.03. The summed E-state index contributed by atoms with van der Waals surface area (Å²) in [4.78, 5) is 14.6. The molecule has 0 atom stereocenters. The van der Waals surface area contributed by atoms with E-state index in [1.54, 1.807) is 0 Å². The summed E-state index contributed by atoms with van der Waals surface area (Å²) in [5.41, 5.74) is -1.01. The van der Waals surface area contributed by atoms with E-state index >= 15 is 0 Å². The van der Waals surface area contributed by atoms with E-state index in [2.05, 4.69) is 4.98 Å². The van der Waals surface area contributed by atoms with Gasteiger partial charge in [0.05, 0.1) is 11.3 Å². The monoisotopic (exact) mass is 181 g/mol. The topological polar surface area (TPSA) is 70.4 Å². The van der Waals surface area contributed by atoms with Crippen LogP contribution in [0.2, 0.25) is 0 Å². The summed E-state index contributed by atoms with van der Waals surface area (Å²) >= 11 is 0. The second kappa shape index (κ2) is 3.14. The Morgan fingerprint density at radius 3 is 2.54 bits per heavy atom. The second-order valence-corrected chi connectivity index (χ2v) is 3.26. The molecule has 2 N–H and O–H groups in total. The number of aromatic nitrogens is 1. The summed E-state index contributed by atoms with van der Waals surface area (Å²) in [5.74, 6) is -1.08. The zero-order valence-electron chi connectivity index (χ0n) is 7.48. The molecule has 70 valence electrons. The van der Waals surface area contributed by atoms with Crippen LogP contribution < -0.4 is 0 Å². The lowest BCUT2D eigenvalue weighted by molar-refractivity contribution is 0.0609. The van der Waals surface area contributed by atoms with Crippen LogP contribution in [0.25, 0.3) is 0 Å². The highest BCUT2D eigenvalue weighted by Crippen LogP contribution is 2.20. The van der Waals surface area contributed by atoms with Crippen molar-refractivity contribution in [3.8, 4) is 0 Å². The van der Waals surface area contributed by atoms with Gasteiger partial charge in [0.2, 0.25) is 0 Å². The normalized spacial score (nSPS) is 11.3. The molecule has 0 saturated carbocycles. The molecule has 0 amide bonds. The van der Waals surface area contributed by atoms with Crippen molar-refractivity contribution < 1.29 is 15.0 Å². The molecule has 1 rings (SSSR count). The predicted molar refractivity (Wildman–Crippen MR) is 46.4 cm³/mol. The maximum atomic E-state index is 10.7. The zero-order valence-corrected chi connectivity index (χ0v) is 7.48. The summed E-state index contributed by atoms with van der Waals surface area (Å²) in [5, 5.41) is 18.4. The van der Waals surface area contributed by atoms with Gasteiger partial charge in [-0.15, -0.1) is 0 Å². The van der Waals surface area contributed by atoms with Crippen LogP contribution in [0.3, 0.4) is 0 Å². The summed E-state index contributed by atoms with van der Waals surface area (Å²) in [7, 11) is 0. The van der Waals surface area contributed by atoms with Crippen molar-refractivity contribution in [2.45, 2.75) is 19.4 Å². The highest BCUT2D eigenvalue weighted by atomic mass is 16.4. The molecular formula is C9H11NO3. The molecule has 0 aromatic carbocycles.